The molecule has 1 aromatic heterocycles. The van der Waals surface area contributed by atoms with Crippen LogP contribution in [0, 0.1) is 0 Å². The molecule has 2 aliphatic rings. The van der Waals surface area contributed by atoms with Gasteiger partial charge in [0.05, 0.1) is 23.0 Å². The van der Waals surface area contributed by atoms with Gasteiger partial charge >= 0.3 is 11.0 Å². The Hall–Kier alpha value is -4.23. The lowest BCUT2D eigenvalue weighted by atomic mass is 10.0. The summed E-state index contributed by atoms with van der Waals surface area (Å²) in [6, 6.07) is 20.7. The number of aromatic amines is 1. The van der Waals surface area contributed by atoms with Crippen molar-refractivity contribution in [1.82, 2.24) is 20.1 Å². The molecular weight excluding hydrogens is 594 g/mol. The van der Waals surface area contributed by atoms with Crippen molar-refractivity contribution < 1.29 is 24.5 Å². The van der Waals surface area contributed by atoms with Crippen molar-refractivity contribution in [2.75, 3.05) is 44.6 Å². The van der Waals surface area contributed by atoms with Gasteiger partial charge in [-0.3, -0.25) is 19.8 Å². The average Bonchev–Trinajstić information content (AvgIpc) is 3.69. The largest absolute Gasteiger partial charge is 0.506 e. The van der Waals surface area contributed by atoms with E-state index in [1.54, 1.807) is 6.07 Å². The Kier molecular flexibility index (Phi) is 9.45. The van der Waals surface area contributed by atoms with Crippen LogP contribution in [0.5, 0.6) is 5.75 Å². The number of nitrogens with one attached hydrogen (secondary N) is 3. The summed E-state index contributed by atoms with van der Waals surface area (Å²) in [4.78, 5) is 43.8. The van der Waals surface area contributed by atoms with Gasteiger partial charge < -0.3 is 30.2 Å². The molecule has 1 unspecified atom stereocenters. The number of phenols is 1. The molecule has 0 bridgehead atoms. The second kappa shape index (κ2) is 13.8. The van der Waals surface area contributed by atoms with Crippen LogP contribution in [0.2, 0.25) is 0 Å². The molecule has 0 aliphatic carbocycles. The van der Waals surface area contributed by atoms with Gasteiger partial charge in [0.2, 0.25) is 5.91 Å². The van der Waals surface area contributed by atoms with E-state index in [1.165, 1.54) is 6.07 Å². The van der Waals surface area contributed by atoms with E-state index < -0.39 is 12.2 Å². The standard InChI is InChI=1S/C33H37N5O6S/c39-27-11-10-25(31-30(27)36-33(43)45-31)28(40)18-34-22-12-17-38(19-22)29(41)20-37-15-13-23(14-16-37)44-32(42)35-26-9-5-4-8-24(26)21-6-2-1-3-7-21/h1-11,22-23,28,34,39-40H,12-20H2,(H,35,42)(H,36,43)/t22?,28-/m0/s1. The van der Waals surface area contributed by atoms with Crippen molar-refractivity contribution in [3.8, 4) is 16.9 Å². The Balaban J connectivity index is 0.923. The summed E-state index contributed by atoms with van der Waals surface area (Å²) in [6.07, 6.45) is 0.529. The van der Waals surface area contributed by atoms with Gasteiger partial charge in [-0.05, 0) is 37.0 Å². The second-order valence-electron chi connectivity index (χ2n) is 11.6. The van der Waals surface area contributed by atoms with Crippen LogP contribution in [0.3, 0.4) is 0 Å². The van der Waals surface area contributed by atoms with E-state index in [4.69, 9.17) is 4.74 Å². The highest BCUT2D eigenvalue weighted by molar-refractivity contribution is 7.16. The molecule has 5 N–H and O–H groups in total. The number of hydrogen-bond donors (Lipinski definition) is 5. The molecule has 2 atom stereocenters. The SMILES string of the molecule is O=C(Nc1ccccc1-c1ccccc1)OC1CCN(CC(=O)N2CCC(NC[C@H](O)c3ccc(O)c4[nH]c(=O)sc34)C2)CC1. The van der Waals surface area contributed by atoms with Crippen molar-refractivity contribution >= 4 is 39.2 Å². The van der Waals surface area contributed by atoms with Crippen LogP contribution in [0.1, 0.15) is 30.9 Å². The summed E-state index contributed by atoms with van der Waals surface area (Å²) in [6.45, 7) is 3.10. The van der Waals surface area contributed by atoms with Crippen LogP contribution >= 0.6 is 11.3 Å². The number of aromatic hydroxyl groups is 1. The zero-order valence-corrected chi connectivity index (χ0v) is 25.6. The van der Waals surface area contributed by atoms with Gasteiger partial charge in [0, 0.05) is 49.9 Å². The molecule has 12 heteroatoms. The summed E-state index contributed by atoms with van der Waals surface area (Å²) in [5.74, 6) is 0.0342. The van der Waals surface area contributed by atoms with Crippen LogP contribution in [0.4, 0.5) is 10.5 Å². The number of rotatable bonds is 9. The number of para-hydroxylation sites is 1. The Morgan fingerprint density at radius 2 is 1.76 bits per heavy atom. The number of likely N-dealkylation sites (tertiary alicyclic amines) is 2. The highest BCUT2D eigenvalue weighted by atomic mass is 32.1. The second-order valence-corrected chi connectivity index (χ2v) is 12.5. The highest BCUT2D eigenvalue weighted by Crippen LogP contribution is 2.31. The van der Waals surface area contributed by atoms with Gasteiger partial charge in [-0.2, -0.15) is 0 Å². The minimum Gasteiger partial charge on any atom is -0.506 e. The number of carbonyl (C=O) groups excluding carboxylic acids is 2. The molecule has 11 nitrogen and oxygen atoms in total. The first-order valence-corrected chi connectivity index (χ1v) is 16.0. The van der Waals surface area contributed by atoms with E-state index in [0.717, 1.165) is 28.9 Å². The fraction of sp³-hybridized carbons (Fsp3) is 0.364. The average molecular weight is 632 g/mol. The molecule has 45 heavy (non-hydrogen) atoms. The number of nitrogens with zero attached hydrogens (tertiary/aromatic N) is 2. The minimum absolute atomic E-state index is 0.0276. The van der Waals surface area contributed by atoms with Gasteiger partial charge in [0.15, 0.2) is 0 Å². The smallest absolute Gasteiger partial charge is 0.411 e. The Morgan fingerprint density at radius 1 is 1.00 bits per heavy atom. The number of ether oxygens (including phenoxy) is 1. The van der Waals surface area contributed by atoms with Crippen molar-refractivity contribution in [2.24, 2.45) is 0 Å². The lowest BCUT2D eigenvalue weighted by molar-refractivity contribution is -0.132. The molecule has 0 spiro atoms. The Morgan fingerprint density at radius 3 is 2.56 bits per heavy atom. The molecule has 0 radical (unpaired) electrons. The summed E-state index contributed by atoms with van der Waals surface area (Å²) >= 11 is 0.959. The number of fused-ring (bicyclic) bond motifs is 1. The van der Waals surface area contributed by atoms with Gasteiger partial charge in [-0.15, -0.1) is 0 Å². The van der Waals surface area contributed by atoms with Crippen molar-refractivity contribution in [3.63, 3.8) is 0 Å². The van der Waals surface area contributed by atoms with Crippen LogP contribution in [0.25, 0.3) is 21.3 Å². The van der Waals surface area contributed by atoms with Crippen molar-refractivity contribution in [2.45, 2.75) is 37.5 Å². The molecular formula is C33H37N5O6S. The van der Waals surface area contributed by atoms with Crippen molar-refractivity contribution in [1.29, 1.82) is 0 Å². The number of hydrogen-bond acceptors (Lipinski definition) is 9. The zero-order valence-electron chi connectivity index (χ0n) is 24.8. The summed E-state index contributed by atoms with van der Waals surface area (Å²) in [7, 11) is 0. The molecule has 2 fully saturated rings. The number of anilines is 1. The Bertz CT molecular complexity index is 1700. The molecule has 3 heterocycles. The number of H-pyrrole nitrogens is 1. The number of aliphatic hydroxyl groups is 1. The van der Waals surface area contributed by atoms with Gasteiger partial charge in [-0.1, -0.05) is 65.9 Å². The summed E-state index contributed by atoms with van der Waals surface area (Å²) in [5, 5.41) is 27.1. The maximum absolute atomic E-state index is 13.1. The number of carbonyl (C=O) groups is 2. The Labute approximate surface area is 264 Å². The number of benzene rings is 3. The number of aliphatic hydroxyl groups excluding tert-OH is 1. The topological polar surface area (TPSA) is 147 Å². The number of amides is 2. The van der Waals surface area contributed by atoms with Gasteiger partial charge in [-0.25, -0.2) is 4.79 Å². The molecule has 0 saturated carbocycles. The normalized spacial score (nSPS) is 18.2. The van der Waals surface area contributed by atoms with E-state index in [2.05, 4.69) is 20.5 Å². The van der Waals surface area contributed by atoms with E-state index >= 15 is 0 Å². The van der Waals surface area contributed by atoms with Crippen molar-refractivity contribution in [3.05, 3.63) is 82.0 Å². The van der Waals surface area contributed by atoms with Crippen LogP contribution < -0.4 is 15.5 Å². The predicted octanol–water partition coefficient (Wildman–Crippen LogP) is 3.90. The van der Waals surface area contributed by atoms with E-state index in [-0.39, 0.29) is 35.2 Å². The molecule has 2 amide bonds. The monoisotopic (exact) mass is 631 g/mol. The highest BCUT2D eigenvalue weighted by Gasteiger charge is 2.30. The molecule has 2 saturated heterocycles. The zero-order chi connectivity index (χ0) is 31.3. The van der Waals surface area contributed by atoms with E-state index in [0.29, 0.717) is 67.0 Å². The van der Waals surface area contributed by atoms with Crippen LogP contribution in [0.15, 0.2) is 71.5 Å². The van der Waals surface area contributed by atoms with Gasteiger partial charge in [0.25, 0.3) is 0 Å². The first-order chi connectivity index (χ1) is 21.8. The van der Waals surface area contributed by atoms with Crippen LogP contribution in [-0.4, -0.2) is 88.4 Å². The lowest BCUT2D eigenvalue weighted by Gasteiger charge is -2.32. The quantitative estimate of drug-likeness (QED) is 0.187. The first kappa shape index (κ1) is 30.8. The van der Waals surface area contributed by atoms with E-state index in [1.807, 2.05) is 59.5 Å². The minimum atomic E-state index is -0.867. The molecule has 4 aromatic rings. The lowest BCUT2D eigenvalue weighted by Crippen LogP contribution is -2.45. The third-order valence-corrected chi connectivity index (χ3v) is 9.43. The maximum atomic E-state index is 13.1. The van der Waals surface area contributed by atoms with E-state index in [9.17, 15) is 24.6 Å². The third kappa shape index (κ3) is 7.36. The number of aromatic nitrogens is 1. The predicted molar refractivity (Wildman–Crippen MR) is 174 cm³/mol. The molecule has 3 aromatic carbocycles. The number of phenolic OH excluding ortho intramolecular Hbond substituents is 1. The van der Waals surface area contributed by atoms with Gasteiger partial charge in [0.1, 0.15) is 17.4 Å². The fourth-order valence-electron chi connectivity index (χ4n) is 6.07. The molecule has 2 aliphatic heterocycles. The maximum Gasteiger partial charge on any atom is 0.411 e. The van der Waals surface area contributed by atoms with Crippen LogP contribution in [-0.2, 0) is 9.53 Å². The number of piperidine rings is 1. The molecule has 236 valence electrons. The third-order valence-electron chi connectivity index (χ3n) is 8.50. The first-order valence-electron chi connectivity index (χ1n) is 15.2. The fourth-order valence-corrected chi connectivity index (χ4v) is 6.99. The molecule has 6 rings (SSSR count). The summed E-state index contributed by atoms with van der Waals surface area (Å²) < 4.78 is 6.27. The number of thiazole rings is 1. The summed E-state index contributed by atoms with van der Waals surface area (Å²) in [5.41, 5.74) is 3.54.